The van der Waals surface area contributed by atoms with Crippen LogP contribution >= 0.6 is 0 Å². The van der Waals surface area contributed by atoms with Crippen LogP contribution in [0.1, 0.15) is 44.2 Å². The Bertz CT molecular complexity index is 628. The molecule has 24 heavy (non-hydrogen) atoms. The molecule has 0 saturated heterocycles. The summed E-state index contributed by atoms with van der Waals surface area (Å²) in [6.45, 7) is 1.66. The van der Waals surface area contributed by atoms with Crippen LogP contribution in [0.15, 0.2) is 35.4 Å². The van der Waals surface area contributed by atoms with E-state index in [0.29, 0.717) is 0 Å². The first-order valence-electron chi connectivity index (χ1n) is 7.97. The van der Waals surface area contributed by atoms with E-state index >= 15 is 0 Å². The topological polar surface area (TPSA) is 96.9 Å². The lowest BCUT2D eigenvalue weighted by Gasteiger charge is -2.18. The summed E-state index contributed by atoms with van der Waals surface area (Å²) < 4.78 is 4.96. The molecule has 1 atom stereocenters. The summed E-state index contributed by atoms with van der Waals surface area (Å²) in [5, 5.41) is 6.51. The number of rotatable bonds is 7. The van der Waals surface area contributed by atoms with E-state index in [-0.39, 0.29) is 43.0 Å². The van der Waals surface area contributed by atoms with E-state index in [0.717, 1.165) is 18.4 Å². The molecule has 0 aliphatic carbocycles. The molecule has 1 aromatic carbocycles. The summed E-state index contributed by atoms with van der Waals surface area (Å²) in [5.41, 5.74) is 3.35. The number of nitrogens with one attached hydrogen (secondary N) is 2. The first-order valence-corrected chi connectivity index (χ1v) is 7.97. The van der Waals surface area contributed by atoms with Gasteiger partial charge in [-0.15, -0.1) is 0 Å². The lowest BCUT2D eigenvalue weighted by molar-refractivity contribution is -0.142. The molecule has 2 amide bonds. The fraction of sp³-hybridized carbons (Fsp3) is 0.412. The van der Waals surface area contributed by atoms with Crippen LogP contribution in [0.2, 0.25) is 0 Å². The number of esters is 1. The Morgan fingerprint density at radius 3 is 2.67 bits per heavy atom. The molecule has 1 aliphatic rings. The molecule has 1 aliphatic heterocycles. The van der Waals surface area contributed by atoms with Gasteiger partial charge in [0.1, 0.15) is 5.71 Å². The number of hydrazone groups is 1. The van der Waals surface area contributed by atoms with E-state index < -0.39 is 5.97 Å². The highest BCUT2D eigenvalue weighted by atomic mass is 16.5. The van der Waals surface area contributed by atoms with Crippen molar-refractivity contribution in [1.29, 1.82) is 0 Å². The van der Waals surface area contributed by atoms with E-state index in [4.69, 9.17) is 4.74 Å². The molecule has 7 heteroatoms. The van der Waals surface area contributed by atoms with Gasteiger partial charge in [-0.25, -0.2) is 10.2 Å². The fourth-order valence-corrected chi connectivity index (χ4v) is 2.37. The van der Waals surface area contributed by atoms with E-state index in [1.54, 1.807) is 0 Å². The van der Waals surface area contributed by atoms with Crippen LogP contribution in [0.4, 0.5) is 0 Å². The molecule has 0 bridgehead atoms. The highest BCUT2D eigenvalue weighted by Gasteiger charge is 2.21. The third-order valence-corrected chi connectivity index (χ3v) is 3.59. The number of ether oxygens (including phenoxy) is 1. The van der Waals surface area contributed by atoms with Crippen LogP contribution < -0.4 is 10.7 Å². The van der Waals surface area contributed by atoms with Crippen LogP contribution in [0, 0.1) is 0 Å². The highest BCUT2D eigenvalue weighted by Crippen LogP contribution is 2.17. The third kappa shape index (κ3) is 5.19. The standard InChI is InChI=1S/C17H21N3O4/c1-2-6-13(12-7-4-3-5-8-12)18-16(22)11-24-17(23)14-9-10-15(21)20-19-14/h3-5,7-8,13H,2,6,9-11H2,1H3,(H,18,22)(H,20,21)/t13-/m1/s1. The predicted octanol–water partition coefficient (Wildman–Crippen LogP) is 1.45. The third-order valence-electron chi connectivity index (χ3n) is 3.59. The smallest absolute Gasteiger partial charge is 0.355 e. The van der Waals surface area contributed by atoms with Crippen molar-refractivity contribution < 1.29 is 19.1 Å². The van der Waals surface area contributed by atoms with Gasteiger partial charge in [-0.3, -0.25) is 9.59 Å². The minimum atomic E-state index is -0.683. The molecule has 0 fully saturated rings. The highest BCUT2D eigenvalue weighted by molar-refractivity contribution is 6.37. The van der Waals surface area contributed by atoms with Gasteiger partial charge in [-0.05, 0) is 12.0 Å². The summed E-state index contributed by atoms with van der Waals surface area (Å²) in [4.78, 5) is 34.8. The maximum absolute atomic E-state index is 12.0. The van der Waals surface area contributed by atoms with Crippen molar-refractivity contribution in [3.63, 3.8) is 0 Å². The zero-order valence-corrected chi connectivity index (χ0v) is 13.6. The average Bonchev–Trinajstić information content (AvgIpc) is 2.60. The maximum Gasteiger partial charge on any atom is 0.355 e. The van der Waals surface area contributed by atoms with Gasteiger partial charge in [0.15, 0.2) is 6.61 Å². The first kappa shape index (κ1) is 17.7. The second-order valence-electron chi connectivity index (χ2n) is 5.49. The number of amides is 2. The van der Waals surface area contributed by atoms with Crippen LogP contribution in [-0.2, 0) is 19.1 Å². The van der Waals surface area contributed by atoms with Crippen molar-refractivity contribution in [3.05, 3.63) is 35.9 Å². The van der Waals surface area contributed by atoms with E-state index in [9.17, 15) is 14.4 Å². The van der Waals surface area contributed by atoms with Crippen molar-refractivity contribution in [3.8, 4) is 0 Å². The van der Waals surface area contributed by atoms with Gasteiger partial charge < -0.3 is 10.1 Å². The van der Waals surface area contributed by atoms with Gasteiger partial charge in [0.05, 0.1) is 6.04 Å². The van der Waals surface area contributed by atoms with Gasteiger partial charge >= 0.3 is 5.97 Å². The summed E-state index contributed by atoms with van der Waals surface area (Å²) in [6.07, 6.45) is 2.11. The number of hydrogen-bond donors (Lipinski definition) is 2. The van der Waals surface area contributed by atoms with Crippen molar-refractivity contribution in [2.24, 2.45) is 5.10 Å². The van der Waals surface area contributed by atoms with Gasteiger partial charge in [0.2, 0.25) is 5.91 Å². The van der Waals surface area contributed by atoms with E-state index in [2.05, 4.69) is 15.8 Å². The fourth-order valence-electron chi connectivity index (χ4n) is 2.37. The lowest BCUT2D eigenvalue weighted by Crippen LogP contribution is -2.35. The molecule has 0 unspecified atom stereocenters. The Labute approximate surface area is 140 Å². The van der Waals surface area contributed by atoms with E-state index in [1.165, 1.54) is 0 Å². The zero-order chi connectivity index (χ0) is 17.4. The normalized spacial score (nSPS) is 15.0. The van der Waals surface area contributed by atoms with Crippen molar-refractivity contribution >= 4 is 23.5 Å². The lowest BCUT2D eigenvalue weighted by atomic mass is 10.0. The molecule has 1 aromatic rings. The molecular weight excluding hydrogens is 310 g/mol. The maximum atomic E-state index is 12.0. The Morgan fingerprint density at radius 2 is 2.04 bits per heavy atom. The average molecular weight is 331 g/mol. The largest absolute Gasteiger partial charge is 0.451 e. The van der Waals surface area contributed by atoms with Gasteiger partial charge in [-0.2, -0.15) is 5.10 Å². The van der Waals surface area contributed by atoms with Crippen molar-refractivity contribution in [2.75, 3.05) is 6.61 Å². The summed E-state index contributed by atoms with van der Waals surface area (Å²) in [7, 11) is 0. The molecule has 7 nitrogen and oxygen atoms in total. The number of benzene rings is 1. The first-order chi connectivity index (χ1) is 11.6. The molecule has 2 rings (SSSR count). The molecule has 0 aromatic heterocycles. The zero-order valence-electron chi connectivity index (χ0n) is 13.6. The summed E-state index contributed by atoms with van der Waals surface area (Å²) in [5.74, 6) is -1.29. The minimum absolute atomic E-state index is 0.117. The molecule has 1 heterocycles. The van der Waals surface area contributed by atoms with Crippen molar-refractivity contribution in [1.82, 2.24) is 10.7 Å². The summed E-state index contributed by atoms with van der Waals surface area (Å²) in [6, 6.07) is 9.53. The second-order valence-corrected chi connectivity index (χ2v) is 5.49. The molecular formula is C17H21N3O4. The SMILES string of the molecule is CCC[C@@H](NC(=O)COC(=O)C1=NNC(=O)CC1)c1ccccc1. The Kier molecular flexibility index (Phi) is 6.48. The Morgan fingerprint density at radius 1 is 1.29 bits per heavy atom. The number of nitrogens with zero attached hydrogens (tertiary/aromatic N) is 1. The predicted molar refractivity (Wildman–Crippen MR) is 88.0 cm³/mol. The molecule has 0 spiro atoms. The van der Waals surface area contributed by atoms with Gasteiger partial charge in [0.25, 0.3) is 5.91 Å². The number of carbonyl (C=O) groups excluding carboxylic acids is 3. The molecule has 128 valence electrons. The quantitative estimate of drug-likeness (QED) is 0.739. The molecule has 0 radical (unpaired) electrons. The van der Waals surface area contributed by atoms with E-state index in [1.807, 2.05) is 37.3 Å². The van der Waals surface area contributed by atoms with Gasteiger partial charge in [-0.1, -0.05) is 43.7 Å². The molecule has 0 saturated carbocycles. The van der Waals surface area contributed by atoms with Crippen LogP contribution in [0.25, 0.3) is 0 Å². The molecule has 2 N–H and O–H groups in total. The van der Waals surface area contributed by atoms with Gasteiger partial charge in [0, 0.05) is 12.8 Å². The minimum Gasteiger partial charge on any atom is -0.451 e. The number of hydrogen-bond acceptors (Lipinski definition) is 5. The van der Waals surface area contributed by atoms with Crippen LogP contribution in [-0.4, -0.2) is 30.1 Å². The monoisotopic (exact) mass is 331 g/mol. The van der Waals surface area contributed by atoms with Crippen LogP contribution in [0.3, 0.4) is 0 Å². The summed E-state index contributed by atoms with van der Waals surface area (Å²) >= 11 is 0. The van der Waals surface area contributed by atoms with Crippen molar-refractivity contribution in [2.45, 2.75) is 38.6 Å². The van der Waals surface area contributed by atoms with Crippen LogP contribution in [0.5, 0.6) is 0 Å². The Balaban J connectivity index is 1.85. The Hall–Kier alpha value is -2.70. The number of carbonyl (C=O) groups is 3. The second kappa shape index (κ2) is 8.81.